The van der Waals surface area contributed by atoms with Crippen molar-refractivity contribution in [2.45, 2.75) is 90.9 Å². The van der Waals surface area contributed by atoms with E-state index in [4.69, 9.17) is 0 Å². The lowest BCUT2D eigenvalue weighted by Gasteiger charge is -2.45. The van der Waals surface area contributed by atoms with Gasteiger partial charge in [-0.2, -0.15) is 0 Å². The summed E-state index contributed by atoms with van der Waals surface area (Å²) in [7, 11) is 0. The van der Waals surface area contributed by atoms with Crippen LogP contribution < -0.4 is 0 Å². The molecule has 1 spiro atoms. The number of hydrogen-bond acceptors (Lipinski definition) is 4. The second kappa shape index (κ2) is 7.83. The molecule has 0 aliphatic heterocycles. The fourth-order valence-corrected chi connectivity index (χ4v) is 8.66. The third-order valence-electron chi connectivity index (χ3n) is 8.72. The van der Waals surface area contributed by atoms with Crippen LogP contribution in [-0.2, 0) is 16.2 Å². The minimum atomic E-state index is -0.724. The maximum atomic E-state index is 11.5. The van der Waals surface area contributed by atoms with E-state index in [0.29, 0.717) is 18.3 Å². The van der Waals surface area contributed by atoms with E-state index in [9.17, 15) is 20.4 Å². The largest absolute Gasteiger partial charge is 0.504 e. The summed E-state index contributed by atoms with van der Waals surface area (Å²) in [6, 6.07) is 7.15. The molecule has 0 aromatic heterocycles. The van der Waals surface area contributed by atoms with Crippen molar-refractivity contribution in [1.82, 2.24) is 0 Å². The highest BCUT2D eigenvalue weighted by molar-refractivity contribution is 5.71. The molecule has 0 heterocycles. The summed E-state index contributed by atoms with van der Waals surface area (Å²) in [4.78, 5) is 0. The van der Waals surface area contributed by atoms with Crippen LogP contribution in [0.25, 0.3) is 0 Å². The number of phenolic OH excluding ortho intramolecular Hbond substituents is 4. The lowest BCUT2D eigenvalue weighted by Crippen LogP contribution is -2.44. The Balaban J connectivity index is 2.19. The first-order valence-corrected chi connectivity index (χ1v) is 12.8. The summed E-state index contributed by atoms with van der Waals surface area (Å²) in [5.74, 6) is 0.713. The number of aromatic hydroxyl groups is 4. The predicted molar refractivity (Wildman–Crippen MR) is 137 cm³/mol. The maximum absolute atomic E-state index is 11.5. The van der Waals surface area contributed by atoms with E-state index in [-0.39, 0.29) is 45.7 Å². The van der Waals surface area contributed by atoms with Gasteiger partial charge in [0, 0.05) is 16.5 Å². The summed E-state index contributed by atoms with van der Waals surface area (Å²) in [5, 5.41) is 44.3. The number of fused-ring (bicyclic) bond motifs is 4. The molecule has 2 aliphatic rings. The molecule has 0 bridgehead atoms. The van der Waals surface area contributed by atoms with E-state index >= 15 is 0 Å². The number of benzene rings is 2. The highest BCUT2D eigenvalue weighted by Crippen LogP contribution is 2.72. The fourth-order valence-electron chi connectivity index (χ4n) is 8.66. The molecule has 4 heteroatoms. The van der Waals surface area contributed by atoms with Gasteiger partial charge in [0.05, 0.1) is 0 Å². The van der Waals surface area contributed by atoms with Crippen molar-refractivity contribution in [3.8, 4) is 23.0 Å². The van der Waals surface area contributed by atoms with Crippen LogP contribution in [0.1, 0.15) is 96.9 Å². The van der Waals surface area contributed by atoms with Gasteiger partial charge in [0.2, 0.25) is 0 Å². The van der Waals surface area contributed by atoms with E-state index in [0.717, 1.165) is 35.1 Å². The van der Waals surface area contributed by atoms with Crippen LogP contribution in [-0.4, -0.2) is 20.4 Å². The summed E-state index contributed by atoms with van der Waals surface area (Å²) in [5.41, 5.74) is 2.33. The Labute approximate surface area is 204 Å². The molecule has 4 N–H and O–H groups in total. The molecular formula is C30H42O4. The second-order valence-corrected chi connectivity index (χ2v) is 12.8. The summed E-state index contributed by atoms with van der Waals surface area (Å²) in [6.07, 6.45) is 2.56. The quantitative estimate of drug-likeness (QED) is 0.355. The Kier molecular flexibility index (Phi) is 5.70. The van der Waals surface area contributed by atoms with Crippen LogP contribution in [0, 0.1) is 23.7 Å². The van der Waals surface area contributed by atoms with Crippen LogP contribution in [0.4, 0.5) is 0 Å². The Bertz CT molecular complexity index is 1100. The summed E-state index contributed by atoms with van der Waals surface area (Å²) < 4.78 is 0. The Morgan fingerprint density at radius 3 is 1.68 bits per heavy atom. The molecular weight excluding hydrogens is 424 g/mol. The lowest BCUT2D eigenvalue weighted by atomic mass is 9.57. The van der Waals surface area contributed by atoms with Gasteiger partial charge in [-0.15, -0.1) is 0 Å². The van der Waals surface area contributed by atoms with E-state index in [1.54, 1.807) is 12.1 Å². The molecule has 4 atom stereocenters. The van der Waals surface area contributed by atoms with Gasteiger partial charge >= 0.3 is 0 Å². The minimum Gasteiger partial charge on any atom is -0.504 e. The van der Waals surface area contributed by atoms with Crippen molar-refractivity contribution < 1.29 is 20.4 Å². The van der Waals surface area contributed by atoms with E-state index in [1.807, 2.05) is 12.1 Å². The SMILES string of the molecule is CC(C)CC1(C)CC2(c3c1ccc(O)c3O)c1c(ccc(O)c1O)C(C)(CC(C)C)C2C(C)C. The molecule has 2 aliphatic carbocycles. The van der Waals surface area contributed by atoms with Gasteiger partial charge in [-0.05, 0) is 77.0 Å². The third-order valence-corrected chi connectivity index (χ3v) is 8.72. The van der Waals surface area contributed by atoms with Gasteiger partial charge in [0.15, 0.2) is 23.0 Å². The van der Waals surface area contributed by atoms with Crippen molar-refractivity contribution in [2.75, 3.05) is 0 Å². The van der Waals surface area contributed by atoms with Crippen molar-refractivity contribution in [3.63, 3.8) is 0 Å². The van der Waals surface area contributed by atoms with Gasteiger partial charge in [0.25, 0.3) is 0 Å². The minimum absolute atomic E-state index is 0.0607. The maximum Gasteiger partial charge on any atom is 0.161 e. The smallest absolute Gasteiger partial charge is 0.161 e. The molecule has 0 saturated carbocycles. The average molecular weight is 467 g/mol. The fraction of sp³-hybridized carbons (Fsp3) is 0.600. The van der Waals surface area contributed by atoms with Crippen molar-refractivity contribution >= 4 is 0 Å². The first-order valence-electron chi connectivity index (χ1n) is 12.8. The molecule has 0 fully saturated rings. The van der Waals surface area contributed by atoms with Crippen LogP contribution in [0.2, 0.25) is 0 Å². The Morgan fingerprint density at radius 2 is 1.21 bits per heavy atom. The molecule has 0 radical (unpaired) electrons. The zero-order valence-corrected chi connectivity index (χ0v) is 22.0. The molecule has 2 aromatic carbocycles. The van der Waals surface area contributed by atoms with Crippen LogP contribution in [0.15, 0.2) is 24.3 Å². The van der Waals surface area contributed by atoms with Gasteiger partial charge in [-0.3, -0.25) is 0 Å². The van der Waals surface area contributed by atoms with Gasteiger partial charge in [-0.25, -0.2) is 0 Å². The highest BCUT2D eigenvalue weighted by atomic mass is 16.3. The topological polar surface area (TPSA) is 80.9 Å². The first kappa shape index (κ1) is 24.8. The number of hydrogen-bond donors (Lipinski definition) is 4. The van der Waals surface area contributed by atoms with E-state index in [1.165, 1.54) is 0 Å². The first-order chi connectivity index (χ1) is 15.7. The summed E-state index contributed by atoms with van der Waals surface area (Å²) in [6.45, 7) is 17.9. The molecule has 0 saturated heterocycles. The van der Waals surface area contributed by atoms with Crippen molar-refractivity contribution in [1.29, 1.82) is 0 Å². The summed E-state index contributed by atoms with van der Waals surface area (Å²) >= 11 is 0. The Hall–Kier alpha value is -2.36. The second-order valence-electron chi connectivity index (χ2n) is 12.8. The van der Waals surface area contributed by atoms with E-state index in [2.05, 4.69) is 55.4 Å². The monoisotopic (exact) mass is 466 g/mol. The molecule has 186 valence electrons. The Morgan fingerprint density at radius 1 is 0.735 bits per heavy atom. The van der Waals surface area contributed by atoms with Crippen LogP contribution >= 0.6 is 0 Å². The third kappa shape index (κ3) is 3.17. The van der Waals surface area contributed by atoms with Crippen molar-refractivity contribution in [2.24, 2.45) is 23.7 Å². The standard InChI is InChI=1S/C30H42O4/c1-16(2)13-28(7)15-30(23-19(28)9-11-21(31)25(23)33)24-20(10-12-22(32)26(24)34)29(8,14-17(3)4)27(30)18(5)6/h9-12,16-18,27,31-34H,13-15H2,1-8H3. The normalized spacial score (nSPS) is 30.0. The van der Waals surface area contributed by atoms with Crippen LogP contribution in [0.3, 0.4) is 0 Å². The highest BCUT2D eigenvalue weighted by Gasteiger charge is 2.67. The average Bonchev–Trinajstić information content (AvgIpc) is 3.05. The molecule has 2 aromatic rings. The predicted octanol–water partition coefficient (Wildman–Crippen LogP) is 7.09. The lowest BCUT2D eigenvalue weighted by molar-refractivity contribution is 0.125. The zero-order chi connectivity index (χ0) is 25.4. The number of phenols is 4. The van der Waals surface area contributed by atoms with Gasteiger partial charge < -0.3 is 20.4 Å². The molecule has 0 amide bonds. The molecule has 34 heavy (non-hydrogen) atoms. The van der Waals surface area contributed by atoms with Crippen molar-refractivity contribution in [3.05, 3.63) is 46.5 Å². The molecule has 4 unspecified atom stereocenters. The van der Waals surface area contributed by atoms with Gasteiger partial charge in [0.1, 0.15) is 0 Å². The van der Waals surface area contributed by atoms with Gasteiger partial charge in [-0.1, -0.05) is 67.5 Å². The van der Waals surface area contributed by atoms with E-state index < -0.39 is 5.41 Å². The molecule has 4 rings (SSSR count). The zero-order valence-electron chi connectivity index (χ0n) is 22.0. The van der Waals surface area contributed by atoms with Crippen LogP contribution in [0.5, 0.6) is 23.0 Å². The molecule has 4 nitrogen and oxygen atoms in total. The number of rotatable bonds is 5.